The Morgan fingerprint density at radius 2 is 2.10 bits per heavy atom. The maximum atomic E-state index is 12.7. The number of nitrogens with one attached hydrogen (secondary N) is 1. The van der Waals surface area contributed by atoms with Crippen molar-refractivity contribution in [1.82, 2.24) is 19.7 Å². The third-order valence-corrected chi connectivity index (χ3v) is 2.32. The Morgan fingerprint density at radius 1 is 1.40 bits per heavy atom. The van der Waals surface area contributed by atoms with Gasteiger partial charge in [-0.05, 0) is 0 Å². The predicted octanol–water partition coefficient (Wildman–Crippen LogP) is 0.822. The predicted molar refractivity (Wildman–Crippen MR) is 62.2 cm³/mol. The van der Waals surface area contributed by atoms with Gasteiger partial charge in [-0.15, -0.1) is 0 Å². The third-order valence-electron chi connectivity index (χ3n) is 2.32. The molecule has 0 radical (unpaired) electrons. The molecule has 0 aliphatic rings. The quantitative estimate of drug-likeness (QED) is 0.870. The highest BCUT2D eigenvalue weighted by molar-refractivity contribution is 5.92. The molecule has 2 rings (SSSR count). The average molecular weight is 286 g/mol. The van der Waals surface area contributed by atoms with E-state index in [1.807, 2.05) is 0 Å². The van der Waals surface area contributed by atoms with Crippen molar-refractivity contribution in [3.63, 3.8) is 0 Å². The first-order valence-corrected chi connectivity index (χ1v) is 5.30. The zero-order valence-corrected chi connectivity index (χ0v) is 10.1. The molecule has 2 heterocycles. The number of alkyl halides is 3. The number of hydrogen-bond acceptors (Lipinski definition) is 5. The van der Waals surface area contributed by atoms with Crippen LogP contribution in [-0.2, 0) is 6.18 Å². The SMILES string of the molecule is CNc1cc(-n2cc(C(N)=O)cn2)nc(C(F)(F)F)n1. The minimum atomic E-state index is -4.69. The van der Waals surface area contributed by atoms with E-state index in [1.165, 1.54) is 19.3 Å². The fraction of sp³-hybridized carbons (Fsp3) is 0.200. The molecule has 0 unspecified atom stereocenters. The molecule has 7 nitrogen and oxygen atoms in total. The second-order valence-electron chi connectivity index (χ2n) is 3.72. The fourth-order valence-electron chi connectivity index (χ4n) is 1.38. The highest BCUT2D eigenvalue weighted by Crippen LogP contribution is 2.27. The standard InChI is InChI=1S/C10H9F3N6O/c1-15-6-2-7(18-9(17-6)10(11,12)13)19-4-5(3-16-19)8(14)20/h2-4H,1H3,(H2,14,20)(H,15,17,18). The van der Waals surface area contributed by atoms with Gasteiger partial charge >= 0.3 is 6.18 Å². The molecule has 0 bridgehead atoms. The van der Waals surface area contributed by atoms with E-state index >= 15 is 0 Å². The van der Waals surface area contributed by atoms with Crippen LogP contribution in [0.3, 0.4) is 0 Å². The van der Waals surface area contributed by atoms with Gasteiger partial charge in [-0.3, -0.25) is 4.79 Å². The van der Waals surface area contributed by atoms with E-state index < -0.39 is 17.9 Å². The second-order valence-corrected chi connectivity index (χ2v) is 3.72. The molecule has 3 N–H and O–H groups in total. The summed E-state index contributed by atoms with van der Waals surface area (Å²) in [6.45, 7) is 0. The van der Waals surface area contributed by atoms with Crippen LogP contribution in [0.2, 0.25) is 0 Å². The molecule has 106 valence electrons. The monoisotopic (exact) mass is 286 g/mol. The van der Waals surface area contributed by atoms with Gasteiger partial charge in [-0.25, -0.2) is 14.6 Å². The van der Waals surface area contributed by atoms with Crippen molar-refractivity contribution in [2.45, 2.75) is 6.18 Å². The maximum Gasteiger partial charge on any atom is 0.451 e. The number of amides is 1. The largest absolute Gasteiger partial charge is 0.451 e. The van der Waals surface area contributed by atoms with E-state index in [1.54, 1.807) is 0 Å². The Bertz CT molecular complexity index is 651. The summed E-state index contributed by atoms with van der Waals surface area (Å²) in [6.07, 6.45) is -2.37. The van der Waals surface area contributed by atoms with Gasteiger partial charge in [-0.2, -0.15) is 18.3 Å². The van der Waals surface area contributed by atoms with Crippen LogP contribution >= 0.6 is 0 Å². The Balaban J connectivity index is 2.52. The van der Waals surface area contributed by atoms with E-state index in [-0.39, 0.29) is 17.2 Å². The third kappa shape index (κ3) is 2.68. The van der Waals surface area contributed by atoms with Crippen LogP contribution in [0.5, 0.6) is 0 Å². The molecule has 0 spiro atoms. The summed E-state index contributed by atoms with van der Waals surface area (Å²) in [5, 5.41) is 6.23. The molecule has 2 aromatic heterocycles. The van der Waals surface area contributed by atoms with Crippen LogP contribution in [-0.4, -0.2) is 32.7 Å². The summed E-state index contributed by atoms with van der Waals surface area (Å²) in [6, 6.07) is 1.26. The lowest BCUT2D eigenvalue weighted by atomic mass is 10.3. The molecule has 1 amide bonds. The normalized spacial score (nSPS) is 11.4. The second kappa shape index (κ2) is 4.79. The van der Waals surface area contributed by atoms with Crippen molar-refractivity contribution < 1.29 is 18.0 Å². The zero-order valence-electron chi connectivity index (χ0n) is 10.1. The number of nitrogens with zero attached hydrogens (tertiary/aromatic N) is 4. The molecule has 0 saturated heterocycles. The molecule has 0 aliphatic heterocycles. The number of anilines is 1. The zero-order chi connectivity index (χ0) is 14.9. The van der Waals surface area contributed by atoms with Crippen LogP contribution in [0.25, 0.3) is 5.82 Å². The van der Waals surface area contributed by atoms with Gasteiger partial charge in [0.05, 0.1) is 11.8 Å². The molecule has 20 heavy (non-hydrogen) atoms. The Morgan fingerprint density at radius 3 is 2.60 bits per heavy atom. The molecule has 0 atom stereocenters. The molecule has 0 fully saturated rings. The average Bonchev–Trinajstić information content (AvgIpc) is 2.87. The van der Waals surface area contributed by atoms with Crippen LogP contribution in [0.15, 0.2) is 18.5 Å². The Labute approximate surface area is 110 Å². The number of carbonyl (C=O) groups excluding carboxylic acids is 1. The summed E-state index contributed by atoms with van der Waals surface area (Å²) in [7, 11) is 1.42. The minimum absolute atomic E-state index is 0.0292. The number of rotatable bonds is 3. The number of carbonyl (C=O) groups is 1. The number of nitrogens with two attached hydrogens (primary N) is 1. The highest BCUT2D eigenvalue weighted by atomic mass is 19.4. The summed E-state index contributed by atoms with van der Waals surface area (Å²) in [5.74, 6) is -2.21. The molecule has 10 heteroatoms. The lowest BCUT2D eigenvalue weighted by molar-refractivity contribution is -0.144. The van der Waals surface area contributed by atoms with Gasteiger partial charge in [0.1, 0.15) is 5.82 Å². The van der Waals surface area contributed by atoms with Crippen molar-refractivity contribution in [2.75, 3.05) is 12.4 Å². The summed E-state index contributed by atoms with van der Waals surface area (Å²) in [5.41, 5.74) is 5.10. The van der Waals surface area contributed by atoms with Crippen molar-refractivity contribution in [3.05, 3.63) is 29.8 Å². The number of aromatic nitrogens is 4. The lowest BCUT2D eigenvalue weighted by Crippen LogP contribution is -2.15. The molecule has 0 aromatic carbocycles. The molecular formula is C10H9F3N6O. The van der Waals surface area contributed by atoms with E-state index in [0.29, 0.717) is 0 Å². The van der Waals surface area contributed by atoms with Gasteiger partial charge in [-0.1, -0.05) is 0 Å². The van der Waals surface area contributed by atoms with Crippen LogP contribution in [0.1, 0.15) is 16.2 Å². The van der Waals surface area contributed by atoms with E-state index in [4.69, 9.17) is 5.73 Å². The smallest absolute Gasteiger partial charge is 0.373 e. The maximum absolute atomic E-state index is 12.7. The van der Waals surface area contributed by atoms with Crippen LogP contribution < -0.4 is 11.1 Å². The summed E-state index contributed by atoms with van der Waals surface area (Å²) < 4.78 is 39.0. The van der Waals surface area contributed by atoms with Gasteiger partial charge in [0.25, 0.3) is 5.91 Å². The van der Waals surface area contributed by atoms with Gasteiger partial charge in [0.2, 0.25) is 5.82 Å². The van der Waals surface area contributed by atoms with Crippen molar-refractivity contribution >= 4 is 11.7 Å². The Hall–Kier alpha value is -2.65. The lowest BCUT2D eigenvalue weighted by Gasteiger charge is -2.09. The van der Waals surface area contributed by atoms with E-state index in [9.17, 15) is 18.0 Å². The van der Waals surface area contributed by atoms with Gasteiger partial charge < -0.3 is 11.1 Å². The Kier molecular flexibility index (Phi) is 3.30. The number of hydrogen-bond donors (Lipinski definition) is 2. The first-order chi connectivity index (χ1) is 9.31. The molecule has 0 aliphatic carbocycles. The summed E-state index contributed by atoms with van der Waals surface area (Å²) >= 11 is 0. The highest BCUT2D eigenvalue weighted by Gasteiger charge is 2.35. The van der Waals surface area contributed by atoms with Gasteiger partial charge in [0.15, 0.2) is 5.82 Å². The van der Waals surface area contributed by atoms with Crippen LogP contribution in [0.4, 0.5) is 19.0 Å². The topological polar surface area (TPSA) is 98.7 Å². The van der Waals surface area contributed by atoms with Crippen LogP contribution in [0, 0.1) is 0 Å². The number of primary amides is 1. The minimum Gasteiger partial charge on any atom is -0.373 e. The first kappa shape index (κ1) is 13.8. The molecule has 2 aromatic rings. The summed E-state index contributed by atoms with van der Waals surface area (Å²) in [4.78, 5) is 17.6. The molecule has 0 saturated carbocycles. The van der Waals surface area contributed by atoms with Crippen molar-refractivity contribution in [2.24, 2.45) is 5.73 Å². The molecular weight excluding hydrogens is 277 g/mol. The van der Waals surface area contributed by atoms with Gasteiger partial charge in [0, 0.05) is 19.3 Å². The fourth-order valence-corrected chi connectivity index (χ4v) is 1.38. The first-order valence-electron chi connectivity index (χ1n) is 5.30. The van der Waals surface area contributed by atoms with Crippen molar-refractivity contribution in [1.29, 1.82) is 0 Å². The van der Waals surface area contributed by atoms with E-state index in [2.05, 4.69) is 20.4 Å². The van der Waals surface area contributed by atoms with Crippen molar-refractivity contribution in [3.8, 4) is 5.82 Å². The van der Waals surface area contributed by atoms with E-state index in [0.717, 1.165) is 10.9 Å². The number of halogens is 3.